The summed E-state index contributed by atoms with van der Waals surface area (Å²) in [6.45, 7) is -1.53. The maximum atomic E-state index is 14.4. The minimum atomic E-state index is -4.90. The van der Waals surface area contributed by atoms with Gasteiger partial charge in [0.1, 0.15) is 0 Å². The molecule has 0 bridgehead atoms. The van der Waals surface area contributed by atoms with Crippen LogP contribution in [0.3, 0.4) is 0 Å². The van der Waals surface area contributed by atoms with Crippen molar-refractivity contribution < 1.29 is 50.5 Å². The molecular weight excluding hydrogens is 386 g/mol. The Morgan fingerprint density at radius 3 is 2.37 bits per heavy atom. The molecule has 0 amide bonds. The van der Waals surface area contributed by atoms with Gasteiger partial charge in [-0.2, -0.15) is 26.3 Å². The summed E-state index contributed by atoms with van der Waals surface area (Å²) >= 11 is 0. The highest BCUT2D eigenvalue weighted by Gasteiger charge is 2.66. The Hall–Kier alpha value is -2.17. The smallest absolute Gasteiger partial charge is 0.417 e. The molecule has 1 heterocycles. The largest absolute Gasteiger partial charge is 0.493 e. The van der Waals surface area contributed by atoms with Crippen LogP contribution in [0.5, 0.6) is 11.5 Å². The normalized spacial score (nSPS) is 28.4. The molecular formula is C16H16F6O5. The van der Waals surface area contributed by atoms with E-state index in [1.165, 1.54) is 0 Å². The van der Waals surface area contributed by atoms with Gasteiger partial charge >= 0.3 is 18.8 Å². The summed E-state index contributed by atoms with van der Waals surface area (Å²) in [5, 5.41) is 9.32. The van der Waals surface area contributed by atoms with Crippen LogP contribution in [0.2, 0.25) is 0 Å². The van der Waals surface area contributed by atoms with E-state index in [1.54, 1.807) is 0 Å². The first kappa shape index (κ1) is 21.1. The molecule has 0 aliphatic carbocycles. The van der Waals surface area contributed by atoms with Crippen molar-refractivity contribution in [1.82, 2.24) is 0 Å². The number of rotatable bonds is 5. The lowest BCUT2D eigenvalue weighted by Crippen LogP contribution is -2.47. The minimum Gasteiger partial charge on any atom is -0.493 e. The third kappa shape index (κ3) is 3.52. The second kappa shape index (κ2) is 7.10. The fraction of sp³-hybridized carbons (Fsp3) is 0.562. The summed E-state index contributed by atoms with van der Waals surface area (Å²) in [5.74, 6) is -7.55. The quantitative estimate of drug-likeness (QED) is 0.756. The van der Waals surface area contributed by atoms with E-state index in [1.807, 2.05) is 0 Å². The van der Waals surface area contributed by atoms with Crippen LogP contribution in [-0.4, -0.2) is 42.7 Å². The van der Waals surface area contributed by atoms with Crippen LogP contribution in [0, 0.1) is 11.7 Å². The van der Waals surface area contributed by atoms with Gasteiger partial charge in [-0.25, -0.2) is 4.79 Å². The summed E-state index contributed by atoms with van der Waals surface area (Å²) in [7, 11) is 0.966. The zero-order chi connectivity index (χ0) is 20.7. The third-order valence-electron chi connectivity index (χ3n) is 4.78. The summed E-state index contributed by atoms with van der Waals surface area (Å²) in [4.78, 5) is 11.5. The van der Waals surface area contributed by atoms with Gasteiger partial charge in [0, 0.05) is 17.4 Å². The van der Waals surface area contributed by atoms with Gasteiger partial charge in [0.25, 0.3) is 0 Å². The van der Waals surface area contributed by atoms with E-state index in [-0.39, 0.29) is 5.56 Å². The zero-order valence-corrected chi connectivity index (χ0v) is 14.3. The topological polar surface area (TPSA) is 65.0 Å². The zero-order valence-electron chi connectivity index (χ0n) is 14.3. The molecule has 0 radical (unpaired) electrons. The average molecular weight is 402 g/mol. The van der Waals surface area contributed by atoms with Crippen LogP contribution in [0.4, 0.5) is 26.3 Å². The maximum Gasteiger partial charge on any atom is 0.417 e. The second-order valence-corrected chi connectivity index (χ2v) is 6.17. The van der Waals surface area contributed by atoms with Gasteiger partial charge in [0.2, 0.25) is 5.82 Å². The van der Waals surface area contributed by atoms with E-state index < -0.39 is 59.6 Å². The number of carboxylic acid groups (broad SMARTS) is 1. The summed E-state index contributed by atoms with van der Waals surface area (Å²) in [5.41, 5.74) is -3.08. The Morgan fingerprint density at radius 1 is 1.33 bits per heavy atom. The van der Waals surface area contributed by atoms with Gasteiger partial charge in [-0.15, -0.1) is 0 Å². The molecule has 11 heteroatoms. The summed E-state index contributed by atoms with van der Waals surface area (Å²) in [6, 6.07) is 1.76. The van der Waals surface area contributed by atoms with Crippen LogP contribution in [0.1, 0.15) is 25.3 Å². The predicted octanol–water partition coefficient (Wildman–Crippen LogP) is 3.96. The number of carbonyl (C=O) groups is 1. The highest BCUT2D eigenvalue weighted by Crippen LogP contribution is 2.55. The van der Waals surface area contributed by atoms with E-state index in [9.17, 15) is 36.2 Å². The van der Waals surface area contributed by atoms with Crippen LogP contribution in [-0.2, 0) is 9.53 Å². The summed E-state index contributed by atoms with van der Waals surface area (Å²) < 4.78 is 93.2. The van der Waals surface area contributed by atoms with E-state index in [0.717, 1.165) is 26.2 Å². The fourth-order valence-corrected chi connectivity index (χ4v) is 3.22. The van der Waals surface area contributed by atoms with Crippen molar-refractivity contribution >= 4 is 5.97 Å². The van der Waals surface area contributed by atoms with E-state index >= 15 is 0 Å². The first-order valence-electron chi connectivity index (χ1n) is 7.63. The third-order valence-corrected chi connectivity index (χ3v) is 4.78. The highest BCUT2D eigenvalue weighted by molar-refractivity contribution is 5.75. The van der Waals surface area contributed by atoms with Gasteiger partial charge in [0.05, 0.1) is 7.11 Å². The number of aliphatic carboxylic acids is 1. The van der Waals surface area contributed by atoms with Crippen LogP contribution in [0.15, 0.2) is 12.1 Å². The first-order chi connectivity index (χ1) is 12.3. The maximum absolute atomic E-state index is 14.4. The number of ether oxygens (including phenoxy) is 3. The monoisotopic (exact) mass is 402 g/mol. The Balaban J connectivity index is 2.60. The van der Waals surface area contributed by atoms with Crippen molar-refractivity contribution in [2.75, 3.05) is 7.11 Å². The van der Waals surface area contributed by atoms with Gasteiger partial charge in [-0.1, -0.05) is 13.0 Å². The SMILES string of the molecule is COc1c(C2C(C(=O)O)OC(C)(C(F)(F)F)C2C)ccc(OC(F)F)c1F. The van der Waals surface area contributed by atoms with E-state index in [0.29, 0.717) is 6.92 Å². The number of halogens is 6. The molecule has 27 heavy (non-hydrogen) atoms. The molecule has 1 aromatic rings. The van der Waals surface area contributed by atoms with Crippen LogP contribution >= 0.6 is 0 Å². The molecule has 0 saturated carbocycles. The molecule has 4 atom stereocenters. The van der Waals surface area contributed by atoms with Crippen molar-refractivity contribution in [3.8, 4) is 11.5 Å². The standard InChI is InChI=1S/C16H16F6O5/c1-6-9(12(13(23)24)27-15(6,2)16(20,21)22)7-4-5-8(26-14(18)19)10(17)11(7)25-3/h4-6,9,12,14H,1-3H3,(H,23,24). The van der Waals surface area contributed by atoms with Crippen LogP contribution < -0.4 is 9.47 Å². The van der Waals surface area contributed by atoms with Gasteiger partial charge in [-0.05, 0) is 13.0 Å². The first-order valence-corrected chi connectivity index (χ1v) is 7.63. The van der Waals surface area contributed by atoms with Crippen molar-refractivity contribution in [3.05, 3.63) is 23.5 Å². The molecule has 2 rings (SSSR count). The van der Waals surface area contributed by atoms with Gasteiger partial charge in [0.15, 0.2) is 23.2 Å². The molecule has 0 spiro atoms. The molecule has 1 fully saturated rings. The molecule has 0 aromatic heterocycles. The molecule has 5 nitrogen and oxygen atoms in total. The number of benzene rings is 1. The number of methoxy groups -OCH3 is 1. The van der Waals surface area contributed by atoms with Crippen molar-refractivity contribution in [3.63, 3.8) is 0 Å². The molecule has 1 aromatic carbocycles. The fourth-order valence-electron chi connectivity index (χ4n) is 3.22. The molecule has 1 aliphatic heterocycles. The lowest BCUT2D eigenvalue weighted by atomic mass is 9.77. The Bertz CT molecular complexity index is 722. The number of alkyl halides is 5. The van der Waals surface area contributed by atoms with Crippen molar-refractivity contribution in [2.24, 2.45) is 5.92 Å². The Kier molecular flexibility index (Phi) is 5.56. The van der Waals surface area contributed by atoms with Crippen molar-refractivity contribution in [2.45, 2.75) is 44.3 Å². The Morgan fingerprint density at radius 2 is 1.93 bits per heavy atom. The lowest BCUT2D eigenvalue weighted by molar-refractivity contribution is -0.273. The van der Waals surface area contributed by atoms with Gasteiger partial charge < -0.3 is 19.3 Å². The molecule has 1 saturated heterocycles. The number of hydrogen-bond acceptors (Lipinski definition) is 4. The lowest BCUT2D eigenvalue weighted by Gasteiger charge is -2.32. The second-order valence-electron chi connectivity index (χ2n) is 6.17. The van der Waals surface area contributed by atoms with E-state index in [2.05, 4.69) is 4.74 Å². The van der Waals surface area contributed by atoms with E-state index in [4.69, 9.17) is 9.47 Å². The Labute approximate surface area is 149 Å². The molecule has 1 aliphatic rings. The van der Waals surface area contributed by atoms with Crippen LogP contribution in [0.25, 0.3) is 0 Å². The molecule has 1 N–H and O–H groups in total. The number of carboxylic acids is 1. The van der Waals surface area contributed by atoms with Gasteiger partial charge in [-0.3, -0.25) is 0 Å². The molecule has 152 valence electrons. The molecule has 4 unspecified atom stereocenters. The minimum absolute atomic E-state index is 0.260. The predicted molar refractivity (Wildman–Crippen MR) is 78.5 cm³/mol. The highest BCUT2D eigenvalue weighted by atomic mass is 19.4. The number of hydrogen-bond donors (Lipinski definition) is 1. The van der Waals surface area contributed by atoms with Crippen molar-refractivity contribution in [1.29, 1.82) is 0 Å². The summed E-state index contributed by atoms with van der Waals surface area (Å²) in [6.07, 6.45) is -6.86. The average Bonchev–Trinajstić information content (AvgIpc) is 2.82.